The molecule has 6 nitrogen and oxygen atoms in total. The molecular weight excluding hydrogens is 210 g/mol. The van der Waals surface area contributed by atoms with E-state index in [4.69, 9.17) is 9.84 Å². The molecule has 0 rings (SSSR count). The zero-order valence-corrected chi connectivity index (χ0v) is 8.84. The Balaban J connectivity index is 3.67. The molecule has 0 saturated heterocycles. The average molecular weight is 225 g/mol. The summed E-state index contributed by atoms with van der Waals surface area (Å²) >= 11 is 0. The molecule has 0 aromatic heterocycles. The largest absolute Gasteiger partial charge is 0.481 e. The average Bonchev–Trinajstić information content (AvgIpc) is 2.10. The van der Waals surface area contributed by atoms with E-state index in [9.17, 15) is 13.2 Å². The SMILES string of the molecule is CCOCCNS(=O)(=O)CCC(=O)O. The van der Waals surface area contributed by atoms with E-state index in [1.165, 1.54) is 0 Å². The molecule has 0 aromatic carbocycles. The molecule has 0 heterocycles. The van der Waals surface area contributed by atoms with Crippen LogP contribution in [0, 0.1) is 0 Å². The lowest BCUT2D eigenvalue weighted by Gasteiger charge is -2.04. The molecule has 14 heavy (non-hydrogen) atoms. The third-order valence-electron chi connectivity index (χ3n) is 1.36. The molecule has 7 heteroatoms. The summed E-state index contributed by atoms with van der Waals surface area (Å²) in [5.41, 5.74) is 0. The second kappa shape index (κ2) is 6.74. The fourth-order valence-corrected chi connectivity index (χ4v) is 1.69. The van der Waals surface area contributed by atoms with Crippen LogP contribution in [0.25, 0.3) is 0 Å². The van der Waals surface area contributed by atoms with Crippen LogP contribution in [0.3, 0.4) is 0 Å². The summed E-state index contributed by atoms with van der Waals surface area (Å²) in [6.45, 7) is 2.80. The van der Waals surface area contributed by atoms with E-state index in [0.29, 0.717) is 13.2 Å². The highest BCUT2D eigenvalue weighted by atomic mass is 32.2. The van der Waals surface area contributed by atoms with Gasteiger partial charge < -0.3 is 9.84 Å². The van der Waals surface area contributed by atoms with Gasteiger partial charge in [0.05, 0.1) is 18.8 Å². The van der Waals surface area contributed by atoms with Crippen LogP contribution in [0.5, 0.6) is 0 Å². The van der Waals surface area contributed by atoms with Crippen LogP contribution in [0.15, 0.2) is 0 Å². The molecule has 0 aliphatic carbocycles. The Kier molecular flexibility index (Phi) is 6.43. The van der Waals surface area contributed by atoms with Gasteiger partial charge in [0.1, 0.15) is 0 Å². The van der Waals surface area contributed by atoms with Gasteiger partial charge in [-0.2, -0.15) is 0 Å². The van der Waals surface area contributed by atoms with Gasteiger partial charge in [0.2, 0.25) is 10.0 Å². The Hall–Kier alpha value is -0.660. The van der Waals surface area contributed by atoms with Gasteiger partial charge in [-0.1, -0.05) is 0 Å². The number of aliphatic carboxylic acids is 1. The lowest BCUT2D eigenvalue weighted by Crippen LogP contribution is -2.30. The highest BCUT2D eigenvalue weighted by Gasteiger charge is 2.11. The Morgan fingerprint density at radius 2 is 2.14 bits per heavy atom. The number of carboxylic acid groups (broad SMARTS) is 1. The Morgan fingerprint density at radius 3 is 2.64 bits per heavy atom. The second-order valence-electron chi connectivity index (χ2n) is 2.55. The fraction of sp³-hybridized carbons (Fsp3) is 0.857. The van der Waals surface area contributed by atoms with Crippen molar-refractivity contribution in [3.8, 4) is 0 Å². The van der Waals surface area contributed by atoms with Gasteiger partial charge in [-0.05, 0) is 6.92 Å². The smallest absolute Gasteiger partial charge is 0.304 e. The van der Waals surface area contributed by atoms with Crippen molar-refractivity contribution >= 4 is 16.0 Å². The van der Waals surface area contributed by atoms with Crippen molar-refractivity contribution in [2.75, 3.05) is 25.5 Å². The monoisotopic (exact) mass is 225 g/mol. The van der Waals surface area contributed by atoms with Crippen molar-refractivity contribution in [1.29, 1.82) is 0 Å². The first-order valence-corrected chi connectivity index (χ1v) is 5.90. The van der Waals surface area contributed by atoms with Crippen LogP contribution in [0.4, 0.5) is 0 Å². The number of hydrogen-bond acceptors (Lipinski definition) is 4. The van der Waals surface area contributed by atoms with Gasteiger partial charge in [0.15, 0.2) is 0 Å². The van der Waals surface area contributed by atoms with Crippen molar-refractivity contribution in [1.82, 2.24) is 4.72 Å². The molecule has 0 unspecified atom stereocenters. The van der Waals surface area contributed by atoms with Crippen molar-refractivity contribution in [2.45, 2.75) is 13.3 Å². The molecule has 0 bridgehead atoms. The maximum Gasteiger partial charge on any atom is 0.304 e. The minimum Gasteiger partial charge on any atom is -0.481 e. The van der Waals surface area contributed by atoms with Crippen LogP contribution >= 0.6 is 0 Å². The van der Waals surface area contributed by atoms with E-state index in [0.717, 1.165) is 0 Å². The van der Waals surface area contributed by atoms with E-state index in [1.54, 1.807) is 6.92 Å². The van der Waals surface area contributed by atoms with Crippen LogP contribution < -0.4 is 4.72 Å². The summed E-state index contributed by atoms with van der Waals surface area (Å²) in [6, 6.07) is 0. The number of carboxylic acids is 1. The lowest BCUT2D eigenvalue weighted by atomic mass is 10.5. The van der Waals surface area contributed by atoms with Gasteiger partial charge in [-0.15, -0.1) is 0 Å². The molecule has 2 N–H and O–H groups in total. The Morgan fingerprint density at radius 1 is 1.50 bits per heavy atom. The maximum absolute atomic E-state index is 11.1. The molecular formula is C7H15NO5S. The normalized spacial score (nSPS) is 11.5. The number of rotatable bonds is 8. The summed E-state index contributed by atoms with van der Waals surface area (Å²) in [7, 11) is -3.47. The number of ether oxygens (including phenoxy) is 1. The van der Waals surface area contributed by atoms with Gasteiger partial charge in [-0.3, -0.25) is 4.79 Å². The van der Waals surface area contributed by atoms with Crippen LogP contribution in [-0.4, -0.2) is 45.0 Å². The van der Waals surface area contributed by atoms with E-state index >= 15 is 0 Å². The quantitative estimate of drug-likeness (QED) is 0.539. The summed E-state index contributed by atoms with van der Waals surface area (Å²) in [4.78, 5) is 10.1. The Bertz CT molecular complexity index is 261. The fourth-order valence-electron chi connectivity index (χ4n) is 0.708. The number of carbonyl (C=O) groups is 1. The van der Waals surface area contributed by atoms with Crippen LogP contribution in [0.1, 0.15) is 13.3 Å². The van der Waals surface area contributed by atoms with E-state index in [1.807, 2.05) is 0 Å². The van der Waals surface area contributed by atoms with E-state index in [2.05, 4.69) is 4.72 Å². The lowest BCUT2D eigenvalue weighted by molar-refractivity contribution is -0.136. The molecule has 0 atom stereocenters. The molecule has 0 amide bonds. The van der Waals surface area contributed by atoms with Gasteiger partial charge in [0, 0.05) is 13.2 Å². The zero-order chi connectivity index (χ0) is 11.0. The van der Waals surface area contributed by atoms with Crippen molar-refractivity contribution in [2.24, 2.45) is 0 Å². The minimum absolute atomic E-state index is 0.176. The maximum atomic E-state index is 11.1. The summed E-state index contributed by atoms with van der Waals surface area (Å²) in [6.07, 6.45) is -0.385. The molecule has 0 aliphatic heterocycles. The predicted molar refractivity (Wildman–Crippen MR) is 50.5 cm³/mol. The number of nitrogens with one attached hydrogen (secondary N) is 1. The standard InChI is InChI=1S/C7H15NO5S/c1-2-13-5-4-8-14(11,12)6-3-7(9)10/h8H,2-6H2,1H3,(H,9,10). The summed E-state index contributed by atoms with van der Waals surface area (Å²) in [5.74, 6) is -1.52. The predicted octanol–water partition coefficient (Wildman–Crippen LogP) is -0.583. The molecule has 0 aromatic rings. The number of sulfonamides is 1. The molecule has 0 radical (unpaired) electrons. The minimum atomic E-state index is -3.47. The first kappa shape index (κ1) is 13.3. The van der Waals surface area contributed by atoms with Crippen molar-refractivity contribution in [3.05, 3.63) is 0 Å². The topological polar surface area (TPSA) is 92.7 Å². The van der Waals surface area contributed by atoms with Crippen LogP contribution in [0.2, 0.25) is 0 Å². The first-order valence-electron chi connectivity index (χ1n) is 4.25. The van der Waals surface area contributed by atoms with E-state index < -0.39 is 21.7 Å². The van der Waals surface area contributed by atoms with Crippen molar-refractivity contribution in [3.63, 3.8) is 0 Å². The molecule has 0 spiro atoms. The summed E-state index contributed by atoms with van der Waals surface area (Å²) < 4.78 is 29.3. The van der Waals surface area contributed by atoms with Crippen LogP contribution in [-0.2, 0) is 19.6 Å². The number of hydrogen-bond donors (Lipinski definition) is 2. The highest BCUT2D eigenvalue weighted by Crippen LogP contribution is 1.89. The van der Waals surface area contributed by atoms with Gasteiger partial charge in [-0.25, -0.2) is 13.1 Å². The summed E-state index contributed by atoms with van der Waals surface area (Å²) in [5, 5.41) is 8.27. The third-order valence-corrected chi connectivity index (χ3v) is 2.74. The van der Waals surface area contributed by atoms with E-state index in [-0.39, 0.29) is 13.0 Å². The van der Waals surface area contributed by atoms with Crippen molar-refractivity contribution < 1.29 is 23.1 Å². The second-order valence-corrected chi connectivity index (χ2v) is 4.48. The molecule has 0 aliphatic rings. The molecule has 84 valence electrons. The highest BCUT2D eigenvalue weighted by molar-refractivity contribution is 7.89. The van der Waals surface area contributed by atoms with Gasteiger partial charge in [0.25, 0.3) is 0 Å². The zero-order valence-electron chi connectivity index (χ0n) is 8.02. The molecule has 0 fully saturated rings. The Labute approximate surface area is 83.3 Å². The molecule has 0 saturated carbocycles. The first-order chi connectivity index (χ1) is 6.48. The third kappa shape index (κ3) is 7.96. The van der Waals surface area contributed by atoms with Gasteiger partial charge >= 0.3 is 5.97 Å².